The smallest absolute Gasteiger partial charge is 0.303 e. The summed E-state index contributed by atoms with van der Waals surface area (Å²) in [6.45, 7) is 1.32. The minimum Gasteiger partial charge on any atom is -0.481 e. The first-order chi connectivity index (χ1) is 9.68. The Bertz CT molecular complexity index is 289. The molecule has 20 heavy (non-hydrogen) atoms. The molecule has 1 amide bonds. The maximum Gasteiger partial charge on any atom is 0.303 e. The molecule has 0 radical (unpaired) electrons. The zero-order valence-corrected chi connectivity index (χ0v) is 11.9. The van der Waals surface area contributed by atoms with Crippen LogP contribution < -0.4 is 5.48 Å². The molecule has 1 rings (SSSR count). The summed E-state index contributed by atoms with van der Waals surface area (Å²) in [5.41, 5.74) is 2.47. The van der Waals surface area contributed by atoms with Gasteiger partial charge in [0, 0.05) is 19.4 Å². The Morgan fingerprint density at radius 2 is 1.85 bits per heavy atom. The molecule has 6 nitrogen and oxygen atoms in total. The van der Waals surface area contributed by atoms with Crippen molar-refractivity contribution in [2.24, 2.45) is 0 Å². The van der Waals surface area contributed by atoms with E-state index in [2.05, 4.69) is 5.48 Å². The van der Waals surface area contributed by atoms with E-state index in [9.17, 15) is 9.59 Å². The molecular formula is C14H25NO5. The van der Waals surface area contributed by atoms with Gasteiger partial charge in [0.15, 0.2) is 0 Å². The van der Waals surface area contributed by atoms with Gasteiger partial charge < -0.3 is 9.84 Å². The lowest BCUT2D eigenvalue weighted by molar-refractivity contribution is -0.146. The van der Waals surface area contributed by atoms with E-state index in [4.69, 9.17) is 14.7 Å². The van der Waals surface area contributed by atoms with Gasteiger partial charge >= 0.3 is 5.97 Å². The summed E-state index contributed by atoms with van der Waals surface area (Å²) in [5, 5.41) is 8.48. The van der Waals surface area contributed by atoms with Crippen molar-refractivity contribution in [1.82, 2.24) is 5.48 Å². The summed E-state index contributed by atoms with van der Waals surface area (Å²) >= 11 is 0. The number of aliphatic carboxylic acids is 1. The van der Waals surface area contributed by atoms with Gasteiger partial charge in [0.25, 0.3) is 0 Å². The number of carboxylic acid groups (broad SMARTS) is 1. The van der Waals surface area contributed by atoms with Gasteiger partial charge in [0.1, 0.15) is 6.10 Å². The van der Waals surface area contributed by atoms with Crippen LogP contribution in [0, 0.1) is 0 Å². The molecule has 1 saturated heterocycles. The van der Waals surface area contributed by atoms with Crippen molar-refractivity contribution < 1.29 is 24.3 Å². The Kier molecular flexibility index (Phi) is 8.98. The van der Waals surface area contributed by atoms with Crippen molar-refractivity contribution in [2.75, 3.05) is 13.2 Å². The molecular weight excluding hydrogens is 262 g/mol. The number of nitrogens with one attached hydrogen (secondary N) is 1. The first-order valence-electron chi connectivity index (χ1n) is 7.42. The average molecular weight is 287 g/mol. The fourth-order valence-electron chi connectivity index (χ4n) is 2.10. The number of carbonyl (C=O) groups is 2. The molecule has 1 aliphatic rings. The van der Waals surface area contributed by atoms with E-state index in [1.165, 1.54) is 0 Å². The number of rotatable bonds is 10. The number of carbonyl (C=O) groups excluding carboxylic acids is 1. The quantitative estimate of drug-likeness (QED) is 0.474. The molecule has 1 aliphatic heterocycles. The summed E-state index contributed by atoms with van der Waals surface area (Å²) in [5.74, 6) is -0.839. The Labute approximate surface area is 119 Å². The molecule has 6 heteroatoms. The summed E-state index contributed by atoms with van der Waals surface area (Å²) in [6.07, 6.45) is 6.89. The van der Waals surface area contributed by atoms with E-state index in [0.717, 1.165) is 45.1 Å². The van der Waals surface area contributed by atoms with Gasteiger partial charge in [-0.3, -0.25) is 14.4 Å². The first-order valence-corrected chi connectivity index (χ1v) is 7.42. The van der Waals surface area contributed by atoms with Crippen molar-refractivity contribution in [3.63, 3.8) is 0 Å². The monoisotopic (exact) mass is 287 g/mol. The van der Waals surface area contributed by atoms with Gasteiger partial charge in [-0.05, 0) is 25.7 Å². The second-order valence-corrected chi connectivity index (χ2v) is 5.14. The molecule has 0 bridgehead atoms. The molecule has 1 heterocycles. The number of hydrogen-bond acceptors (Lipinski definition) is 4. The minimum absolute atomic E-state index is 0.0243. The first kappa shape index (κ1) is 16.9. The predicted octanol–water partition coefficient (Wildman–Crippen LogP) is 2.03. The predicted molar refractivity (Wildman–Crippen MR) is 73.0 cm³/mol. The lowest BCUT2D eigenvalue weighted by atomic mass is 10.1. The van der Waals surface area contributed by atoms with Gasteiger partial charge in [-0.2, -0.15) is 0 Å². The number of ether oxygens (including phenoxy) is 1. The highest BCUT2D eigenvalue weighted by molar-refractivity contribution is 5.74. The maximum absolute atomic E-state index is 11.5. The molecule has 2 N–H and O–H groups in total. The molecule has 0 aliphatic carbocycles. The molecule has 0 spiro atoms. The fraction of sp³-hybridized carbons (Fsp3) is 0.857. The topological polar surface area (TPSA) is 84.9 Å². The maximum atomic E-state index is 11.5. The van der Waals surface area contributed by atoms with Crippen LogP contribution in [0.15, 0.2) is 0 Å². The van der Waals surface area contributed by atoms with E-state index >= 15 is 0 Å². The fourth-order valence-corrected chi connectivity index (χ4v) is 2.10. The highest BCUT2D eigenvalue weighted by Crippen LogP contribution is 2.09. The molecule has 0 aromatic rings. The zero-order chi connectivity index (χ0) is 14.6. The number of carboxylic acids is 1. The molecule has 116 valence electrons. The van der Waals surface area contributed by atoms with E-state index in [1.54, 1.807) is 0 Å². The number of amides is 1. The lowest BCUT2D eigenvalue weighted by Crippen LogP contribution is -2.34. The van der Waals surface area contributed by atoms with Crippen molar-refractivity contribution >= 4 is 11.9 Å². The Morgan fingerprint density at radius 3 is 2.50 bits per heavy atom. The van der Waals surface area contributed by atoms with E-state index < -0.39 is 5.97 Å². The van der Waals surface area contributed by atoms with Gasteiger partial charge in [0.05, 0.1) is 6.61 Å². The zero-order valence-electron chi connectivity index (χ0n) is 11.9. The van der Waals surface area contributed by atoms with Gasteiger partial charge in [-0.15, -0.1) is 0 Å². The summed E-state index contributed by atoms with van der Waals surface area (Å²) < 4.78 is 5.25. The van der Waals surface area contributed by atoms with Crippen LogP contribution in [-0.4, -0.2) is 36.3 Å². The molecule has 0 aromatic carbocycles. The van der Waals surface area contributed by atoms with Crippen LogP contribution in [0.4, 0.5) is 0 Å². The van der Waals surface area contributed by atoms with Gasteiger partial charge in [0.2, 0.25) is 5.91 Å². The molecule has 1 atom stereocenters. The van der Waals surface area contributed by atoms with Crippen LogP contribution in [0.5, 0.6) is 0 Å². The van der Waals surface area contributed by atoms with Gasteiger partial charge in [-0.1, -0.05) is 19.3 Å². The van der Waals surface area contributed by atoms with Crippen LogP contribution in [0.25, 0.3) is 0 Å². The van der Waals surface area contributed by atoms with Crippen molar-refractivity contribution in [2.45, 2.75) is 63.9 Å². The number of hydroxylamine groups is 1. The second-order valence-electron chi connectivity index (χ2n) is 5.14. The third kappa shape index (κ3) is 8.87. The highest BCUT2D eigenvalue weighted by atomic mass is 16.7. The molecule has 1 fully saturated rings. The summed E-state index contributed by atoms with van der Waals surface area (Å²) in [6, 6.07) is 0. The van der Waals surface area contributed by atoms with Crippen LogP contribution in [0.3, 0.4) is 0 Å². The second kappa shape index (κ2) is 10.6. The van der Waals surface area contributed by atoms with E-state index in [-0.39, 0.29) is 18.4 Å². The Balaban J connectivity index is 1.88. The lowest BCUT2D eigenvalue weighted by Gasteiger charge is -2.21. The van der Waals surface area contributed by atoms with Crippen molar-refractivity contribution in [3.05, 3.63) is 0 Å². The van der Waals surface area contributed by atoms with Crippen LogP contribution >= 0.6 is 0 Å². The van der Waals surface area contributed by atoms with Gasteiger partial charge in [-0.25, -0.2) is 5.48 Å². The highest BCUT2D eigenvalue weighted by Gasteiger charge is 2.15. The standard InChI is InChI=1S/C14H25NO5/c16-13(15-20-12-7-6-10-19-11-12)8-4-2-1-3-5-9-14(17)18/h12H,1-11H2,(H,15,16)(H,17,18). The molecule has 0 aromatic heterocycles. The average Bonchev–Trinajstić information content (AvgIpc) is 2.45. The number of unbranched alkanes of at least 4 members (excludes halogenated alkanes) is 4. The Hall–Kier alpha value is -1.14. The SMILES string of the molecule is O=C(O)CCCCCCCC(=O)NOC1CCCOC1. The van der Waals surface area contributed by atoms with Crippen LogP contribution in [0.1, 0.15) is 57.8 Å². The van der Waals surface area contributed by atoms with Crippen molar-refractivity contribution in [1.29, 1.82) is 0 Å². The largest absolute Gasteiger partial charge is 0.481 e. The van der Waals surface area contributed by atoms with E-state index in [1.807, 2.05) is 0 Å². The molecule has 0 saturated carbocycles. The Morgan fingerprint density at radius 1 is 1.15 bits per heavy atom. The normalized spacial score (nSPS) is 18.7. The van der Waals surface area contributed by atoms with Crippen LogP contribution in [-0.2, 0) is 19.2 Å². The van der Waals surface area contributed by atoms with Crippen molar-refractivity contribution in [3.8, 4) is 0 Å². The third-order valence-electron chi connectivity index (χ3n) is 3.25. The summed E-state index contributed by atoms with van der Waals surface area (Å²) in [7, 11) is 0. The summed E-state index contributed by atoms with van der Waals surface area (Å²) in [4.78, 5) is 27.1. The number of hydrogen-bond donors (Lipinski definition) is 2. The third-order valence-corrected chi connectivity index (χ3v) is 3.25. The van der Waals surface area contributed by atoms with Crippen LogP contribution in [0.2, 0.25) is 0 Å². The minimum atomic E-state index is -0.742. The molecule has 1 unspecified atom stereocenters. The van der Waals surface area contributed by atoms with E-state index in [0.29, 0.717) is 19.4 Å².